The van der Waals surface area contributed by atoms with Crippen molar-refractivity contribution in [3.05, 3.63) is 34.1 Å². The lowest BCUT2D eigenvalue weighted by molar-refractivity contribution is 0.275. The number of thioether (sulfide) groups is 1. The third kappa shape index (κ3) is 4.78. The fourth-order valence-electron chi connectivity index (χ4n) is 3.90. The number of H-pyrrole nitrogens is 1. The molecular weight excluding hydrogens is 406 g/mol. The molecule has 5 nitrogen and oxygen atoms in total. The summed E-state index contributed by atoms with van der Waals surface area (Å²) in [7, 11) is 0. The molecule has 2 heterocycles. The molecule has 0 amide bonds. The monoisotopic (exact) mass is 430 g/mol. The van der Waals surface area contributed by atoms with Gasteiger partial charge in [0, 0.05) is 23.5 Å². The first kappa shape index (κ1) is 21.3. The van der Waals surface area contributed by atoms with E-state index in [2.05, 4.69) is 20.6 Å². The molecule has 2 aromatic rings. The predicted molar refractivity (Wildman–Crippen MR) is 113 cm³/mol. The van der Waals surface area contributed by atoms with Gasteiger partial charge in [-0.3, -0.25) is 4.79 Å². The minimum absolute atomic E-state index is 0. The van der Waals surface area contributed by atoms with Gasteiger partial charge >= 0.3 is 0 Å². The lowest BCUT2D eigenvalue weighted by atomic mass is 10.1. The van der Waals surface area contributed by atoms with Crippen LogP contribution in [0.2, 0.25) is 0 Å². The van der Waals surface area contributed by atoms with Gasteiger partial charge in [-0.1, -0.05) is 12.8 Å². The van der Waals surface area contributed by atoms with Crippen molar-refractivity contribution in [3.8, 4) is 0 Å². The van der Waals surface area contributed by atoms with Crippen molar-refractivity contribution < 1.29 is 8.78 Å². The number of hydrogen-bond acceptors (Lipinski definition) is 5. The summed E-state index contributed by atoms with van der Waals surface area (Å²) in [5, 5.41) is 6.24. The van der Waals surface area contributed by atoms with Gasteiger partial charge in [0.2, 0.25) is 0 Å². The summed E-state index contributed by atoms with van der Waals surface area (Å²) in [5.74, 6) is 0.293. The van der Waals surface area contributed by atoms with Crippen LogP contribution in [0.4, 0.5) is 14.5 Å². The van der Waals surface area contributed by atoms with Crippen LogP contribution >= 0.6 is 24.2 Å². The van der Waals surface area contributed by atoms with Crippen molar-refractivity contribution in [2.24, 2.45) is 0 Å². The zero-order chi connectivity index (χ0) is 18.8. The Morgan fingerprint density at radius 3 is 2.79 bits per heavy atom. The van der Waals surface area contributed by atoms with Crippen LogP contribution in [-0.2, 0) is 5.75 Å². The van der Waals surface area contributed by atoms with Gasteiger partial charge in [0.1, 0.15) is 23.2 Å². The number of hydrogen-bond donors (Lipinski definition) is 3. The van der Waals surface area contributed by atoms with Crippen molar-refractivity contribution in [1.29, 1.82) is 0 Å². The first-order chi connectivity index (χ1) is 13.1. The number of benzene rings is 1. The zero-order valence-corrected chi connectivity index (χ0v) is 17.1. The molecule has 3 N–H and O–H groups in total. The molecule has 2 atom stereocenters. The Kier molecular flexibility index (Phi) is 7.17. The van der Waals surface area contributed by atoms with Crippen molar-refractivity contribution in [3.63, 3.8) is 0 Å². The average molecular weight is 431 g/mol. The topological polar surface area (TPSA) is 69.8 Å². The standard InChI is InChI=1S/C19H24F2N4OS.ClH/c20-13-7-12(23-11-3-1-2-4-11)8-15-18(13)19(26)25-17(24-15)10-27-16-5-6-22-9-14(16)21;/h7-8,11,14,16,22-23H,1-6,9-10H2,(H,24,25,26);1H/t14-,16+;/m0./s1. The Morgan fingerprint density at radius 1 is 1.25 bits per heavy atom. The molecule has 2 fully saturated rings. The highest BCUT2D eigenvalue weighted by Gasteiger charge is 2.25. The van der Waals surface area contributed by atoms with E-state index < -0.39 is 17.5 Å². The Labute approximate surface area is 172 Å². The first-order valence-electron chi connectivity index (χ1n) is 9.55. The SMILES string of the molecule is Cl.O=c1[nH]c(CS[C@@H]2CCNC[C@@H]2F)nc2cc(NC3CCCC3)cc(F)c12. The lowest BCUT2D eigenvalue weighted by Gasteiger charge is -2.25. The van der Waals surface area contributed by atoms with Gasteiger partial charge in [0.05, 0.1) is 11.3 Å². The molecule has 1 saturated heterocycles. The van der Waals surface area contributed by atoms with Crippen LogP contribution < -0.4 is 16.2 Å². The van der Waals surface area contributed by atoms with E-state index in [1.54, 1.807) is 6.07 Å². The van der Waals surface area contributed by atoms with Crippen molar-refractivity contribution in [2.75, 3.05) is 18.4 Å². The van der Waals surface area contributed by atoms with E-state index in [-0.39, 0.29) is 23.0 Å². The number of nitrogens with zero attached hydrogens (tertiary/aromatic N) is 1. The van der Waals surface area contributed by atoms with Crippen LogP contribution in [0.15, 0.2) is 16.9 Å². The van der Waals surface area contributed by atoms with Gasteiger partial charge in [-0.15, -0.1) is 24.2 Å². The fraction of sp³-hybridized carbons (Fsp3) is 0.579. The van der Waals surface area contributed by atoms with E-state index in [9.17, 15) is 13.6 Å². The van der Waals surface area contributed by atoms with Gasteiger partial charge in [-0.05, 0) is 37.9 Å². The Bertz CT molecular complexity index is 875. The Balaban J connectivity index is 0.00000225. The fourth-order valence-corrected chi connectivity index (χ4v) is 5.00. The van der Waals surface area contributed by atoms with E-state index in [0.29, 0.717) is 35.4 Å². The highest BCUT2D eigenvalue weighted by atomic mass is 35.5. The van der Waals surface area contributed by atoms with E-state index in [4.69, 9.17) is 0 Å². The summed E-state index contributed by atoms with van der Waals surface area (Å²) in [5.41, 5.74) is 0.519. The highest BCUT2D eigenvalue weighted by Crippen LogP contribution is 2.27. The number of halogens is 3. The second-order valence-corrected chi connectivity index (χ2v) is 8.58. The van der Waals surface area contributed by atoms with Crippen molar-refractivity contribution >= 4 is 40.8 Å². The van der Waals surface area contributed by atoms with Crippen LogP contribution in [0.3, 0.4) is 0 Å². The van der Waals surface area contributed by atoms with E-state index in [1.165, 1.54) is 30.7 Å². The van der Waals surface area contributed by atoms with E-state index in [0.717, 1.165) is 25.8 Å². The number of rotatable bonds is 5. The predicted octanol–water partition coefficient (Wildman–Crippen LogP) is 3.77. The summed E-state index contributed by atoms with van der Waals surface area (Å²) in [6, 6.07) is 3.46. The Hall–Kier alpha value is -1.38. The van der Waals surface area contributed by atoms with Crippen molar-refractivity contribution in [1.82, 2.24) is 15.3 Å². The lowest BCUT2D eigenvalue weighted by Crippen LogP contribution is -2.39. The maximum Gasteiger partial charge on any atom is 0.261 e. The van der Waals surface area contributed by atoms with Crippen LogP contribution in [-0.4, -0.2) is 40.5 Å². The quantitative estimate of drug-likeness (QED) is 0.673. The summed E-state index contributed by atoms with van der Waals surface area (Å²) in [6.07, 6.45) is 4.35. The minimum Gasteiger partial charge on any atom is -0.382 e. The van der Waals surface area contributed by atoms with Gasteiger partial charge in [-0.25, -0.2) is 13.8 Å². The van der Waals surface area contributed by atoms with Gasteiger partial charge in [0.15, 0.2) is 0 Å². The number of piperidine rings is 1. The van der Waals surface area contributed by atoms with Gasteiger partial charge in [0.25, 0.3) is 5.56 Å². The maximum atomic E-state index is 14.5. The molecule has 0 unspecified atom stereocenters. The third-order valence-electron chi connectivity index (χ3n) is 5.32. The van der Waals surface area contributed by atoms with Crippen LogP contribution in [0.25, 0.3) is 10.9 Å². The molecule has 2 aliphatic rings. The smallest absolute Gasteiger partial charge is 0.261 e. The molecule has 9 heteroatoms. The van der Waals surface area contributed by atoms with E-state index in [1.807, 2.05) is 0 Å². The number of aromatic nitrogens is 2. The molecule has 4 rings (SSSR count). The van der Waals surface area contributed by atoms with Crippen LogP contribution in [0, 0.1) is 5.82 Å². The number of nitrogens with one attached hydrogen (secondary N) is 3. The summed E-state index contributed by atoms with van der Waals surface area (Å²) in [4.78, 5) is 19.4. The van der Waals surface area contributed by atoms with Gasteiger partial charge < -0.3 is 15.6 Å². The maximum absolute atomic E-state index is 14.5. The number of fused-ring (bicyclic) bond motifs is 1. The number of anilines is 1. The number of aromatic amines is 1. The first-order valence-corrected chi connectivity index (χ1v) is 10.6. The molecular formula is C19H25ClF2N4OS. The molecule has 1 aromatic heterocycles. The molecule has 0 spiro atoms. The second kappa shape index (κ2) is 9.41. The molecule has 0 bridgehead atoms. The average Bonchev–Trinajstić information content (AvgIpc) is 3.13. The summed E-state index contributed by atoms with van der Waals surface area (Å²) < 4.78 is 28.4. The second-order valence-electron chi connectivity index (χ2n) is 7.35. The molecule has 154 valence electrons. The number of alkyl halides is 1. The molecule has 1 aromatic carbocycles. The summed E-state index contributed by atoms with van der Waals surface area (Å²) in [6.45, 7) is 1.15. The largest absolute Gasteiger partial charge is 0.382 e. The molecule has 1 aliphatic carbocycles. The molecule has 28 heavy (non-hydrogen) atoms. The van der Waals surface area contributed by atoms with Crippen molar-refractivity contribution in [2.45, 2.75) is 55.3 Å². The van der Waals surface area contributed by atoms with Crippen LogP contribution in [0.5, 0.6) is 0 Å². The normalized spacial score (nSPS) is 22.9. The van der Waals surface area contributed by atoms with Gasteiger partial charge in [-0.2, -0.15) is 0 Å². The van der Waals surface area contributed by atoms with E-state index >= 15 is 0 Å². The molecule has 0 radical (unpaired) electrons. The molecule has 1 saturated carbocycles. The Morgan fingerprint density at radius 2 is 2.04 bits per heavy atom. The van der Waals surface area contributed by atoms with Crippen LogP contribution in [0.1, 0.15) is 37.9 Å². The third-order valence-corrected chi connectivity index (χ3v) is 6.72. The zero-order valence-electron chi connectivity index (χ0n) is 15.5. The molecule has 1 aliphatic heterocycles. The minimum atomic E-state index is -0.907. The highest BCUT2D eigenvalue weighted by molar-refractivity contribution is 7.99. The summed E-state index contributed by atoms with van der Waals surface area (Å²) >= 11 is 1.45.